The van der Waals surface area contributed by atoms with Gasteiger partial charge >= 0.3 is 0 Å². The van der Waals surface area contributed by atoms with Crippen molar-refractivity contribution < 1.29 is 9.59 Å². The molecule has 3 aromatic rings. The Morgan fingerprint density at radius 1 is 0.667 bits per heavy atom. The monoisotopic (exact) mass is 395 g/mol. The van der Waals surface area contributed by atoms with Gasteiger partial charge in [-0.15, -0.1) is 0 Å². The maximum atomic E-state index is 13.7. The van der Waals surface area contributed by atoms with E-state index >= 15 is 0 Å². The molecule has 0 spiro atoms. The molecule has 3 aromatic carbocycles. The van der Waals surface area contributed by atoms with E-state index in [-0.39, 0.29) is 35.5 Å². The molecule has 1 heterocycles. The first kappa shape index (κ1) is 18.8. The quantitative estimate of drug-likeness (QED) is 0.552. The van der Waals surface area contributed by atoms with Crippen LogP contribution in [0.15, 0.2) is 84.9 Å². The minimum absolute atomic E-state index is 0.0508. The summed E-state index contributed by atoms with van der Waals surface area (Å²) in [6, 6.07) is 28.2. The van der Waals surface area contributed by atoms with Crippen LogP contribution < -0.4 is 4.90 Å². The molecule has 4 atom stereocenters. The second-order valence-corrected chi connectivity index (χ2v) is 8.51. The largest absolute Gasteiger partial charge is 0.274 e. The summed E-state index contributed by atoms with van der Waals surface area (Å²) in [5.74, 6) is -0.598. The second-order valence-electron chi connectivity index (χ2n) is 8.51. The highest BCUT2D eigenvalue weighted by molar-refractivity contribution is 6.22. The third-order valence-corrected chi connectivity index (χ3v) is 6.77. The fourth-order valence-corrected chi connectivity index (χ4v) is 5.45. The zero-order valence-corrected chi connectivity index (χ0v) is 17.1. The number of carbonyl (C=O) groups is 2. The highest BCUT2D eigenvalue weighted by Crippen LogP contribution is 2.53. The minimum atomic E-state index is -0.320. The molecule has 0 N–H and O–H groups in total. The maximum absolute atomic E-state index is 13.7. The van der Waals surface area contributed by atoms with E-state index in [0.29, 0.717) is 5.69 Å². The molecule has 2 aliphatic rings. The summed E-state index contributed by atoms with van der Waals surface area (Å²) in [5.41, 5.74) is 4.05. The average Bonchev–Trinajstić information content (AvgIpc) is 3.05. The van der Waals surface area contributed by atoms with E-state index in [1.807, 2.05) is 67.6 Å². The smallest absolute Gasteiger partial charge is 0.238 e. The van der Waals surface area contributed by atoms with Crippen molar-refractivity contribution in [3.05, 3.63) is 102 Å². The van der Waals surface area contributed by atoms with Gasteiger partial charge in [0.1, 0.15) is 0 Å². The molecule has 0 unspecified atom stereocenters. The van der Waals surface area contributed by atoms with Crippen molar-refractivity contribution in [1.29, 1.82) is 0 Å². The van der Waals surface area contributed by atoms with Crippen LogP contribution in [0, 0.1) is 18.8 Å². The van der Waals surface area contributed by atoms with Crippen LogP contribution in [0.3, 0.4) is 0 Å². The molecule has 0 bridgehead atoms. The Hall–Kier alpha value is -3.20. The van der Waals surface area contributed by atoms with Crippen molar-refractivity contribution in [3.8, 4) is 0 Å². The third-order valence-electron chi connectivity index (χ3n) is 6.77. The molecule has 1 aliphatic heterocycles. The average molecular weight is 396 g/mol. The number of anilines is 1. The zero-order valence-electron chi connectivity index (χ0n) is 17.1. The number of rotatable bonds is 3. The lowest BCUT2D eigenvalue weighted by Crippen LogP contribution is -2.34. The summed E-state index contributed by atoms with van der Waals surface area (Å²) in [4.78, 5) is 28.9. The van der Waals surface area contributed by atoms with Gasteiger partial charge in [0.05, 0.1) is 17.5 Å². The Morgan fingerprint density at radius 3 is 1.63 bits per heavy atom. The van der Waals surface area contributed by atoms with Gasteiger partial charge in [-0.05, 0) is 60.4 Å². The van der Waals surface area contributed by atoms with Gasteiger partial charge in [-0.2, -0.15) is 0 Å². The van der Waals surface area contributed by atoms with Crippen molar-refractivity contribution in [2.45, 2.75) is 31.6 Å². The first-order valence-electron chi connectivity index (χ1n) is 10.7. The number of fused-ring (bicyclic) bond motifs is 1. The molecular formula is C27H25NO2. The molecule has 1 aliphatic carbocycles. The van der Waals surface area contributed by atoms with Crippen LogP contribution in [0.2, 0.25) is 0 Å². The molecule has 0 aromatic heterocycles. The van der Waals surface area contributed by atoms with Gasteiger partial charge in [0.15, 0.2) is 0 Å². The predicted octanol–water partition coefficient (Wildman–Crippen LogP) is 5.46. The van der Waals surface area contributed by atoms with Crippen LogP contribution in [0.1, 0.15) is 41.4 Å². The van der Waals surface area contributed by atoms with Crippen molar-refractivity contribution in [3.63, 3.8) is 0 Å². The number of aryl methyl sites for hydroxylation is 1. The highest BCUT2D eigenvalue weighted by atomic mass is 16.2. The van der Waals surface area contributed by atoms with Gasteiger partial charge in [-0.1, -0.05) is 72.8 Å². The summed E-state index contributed by atoms with van der Waals surface area (Å²) in [5, 5.41) is 0. The van der Waals surface area contributed by atoms with Crippen molar-refractivity contribution >= 4 is 17.5 Å². The number of carbonyl (C=O) groups excluding carboxylic acids is 2. The molecule has 3 nitrogen and oxygen atoms in total. The second kappa shape index (κ2) is 7.56. The fourth-order valence-electron chi connectivity index (χ4n) is 5.45. The normalized spacial score (nSPS) is 26.0. The van der Waals surface area contributed by atoms with Gasteiger partial charge in [-0.3, -0.25) is 14.5 Å². The van der Waals surface area contributed by atoms with Crippen LogP contribution in [0.4, 0.5) is 5.69 Å². The van der Waals surface area contributed by atoms with E-state index in [0.717, 1.165) is 29.5 Å². The van der Waals surface area contributed by atoms with Gasteiger partial charge < -0.3 is 0 Å². The van der Waals surface area contributed by atoms with E-state index in [1.165, 1.54) is 4.90 Å². The molecule has 2 amide bonds. The van der Waals surface area contributed by atoms with Crippen LogP contribution in [0.5, 0.6) is 0 Å². The summed E-state index contributed by atoms with van der Waals surface area (Å²) in [7, 11) is 0. The molecule has 1 saturated carbocycles. The third kappa shape index (κ3) is 3.06. The molecule has 5 rings (SSSR count). The number of imide groups is 1. The zero-order chi connectivity index (χ0) is 20.7. The number of benzene rings is 3. The molecular weight excluding hydrogens is 370 g/mol. The number of nitrogens with zero attached hydrogens (tertiary/aromatic N) is 1. The first-order chi connectivity index (χ1) is 14.6. The molecule has 30 heavy (non-hydrogen) atoms. The standard InChI is InChI=1S/C27H25NO2/c1-18-9-8-14-21(17-18)28-26(29)24-22(19-10-4-2-5-11-19)15-16-23(25(24)27(28)30)20-12-6-3-7-13-20/h2-14,17,22-25H,15-16H2,1H3/t22-,23-,24+,25+/m1/s1. The van der Waals surface area contributed by atoms with Gasteiger partial charge in [0.25, 0.3) is 0 Å². The maximum Gasteiger partial charge on any atom is 0.238 e. The van der Waals surface area contributed by atoms with E-state index in [4.69, 9.17) is 0 Å². The number of hydrogen-bond donors (Lipinski definition) is 0. The Balaban J connectivity index is 1.61. The minimum Gasteiger partial charge on any atom is -0.274 e. The van der Waals surface area contributed by atoms with Gasteiger partial charge in [0, 0.05) is 0 Å². The van der Waals surface area contributed by atoms with Gasteiger partial charge in [-0.25, -0.2) is 0 Å². The molecule has 1 saturated heterocycles. The lowest BCUT2D eigenvalue weighted by atomic mass is 9.64. The van der Waals surface area contributed by atoms with E-state index < -0.39 is 0 Å². The van der Waals surface area contributed by atoms with Gasteiger partial charge in [0.2, 0.25) is 11.8 Å². The van der Waals surface area contributed by atoms with Crippen LogP contribution >= 0.6 is 0 Å². The predicted molar refractivity (Wildman–Crippen MR) is 118 cm³/mol. The van der Waals surface area contributed by atoms with Crippen molar-refractivity contribution in [2.75, 3.05) is 4.90 Å². The molecule has 2 fully saturated rings. The number of amides is 2. The highest BCUT2D eigenvalue weighted by Gasteiger charge is 2.56. The van der Waals surface area contributed by atoms with Crippen LogP contribution in [-0.2, 0) is 9.59 Å². The Morgan fingerprint density at radius 2 is 1.17 bits per heavy atom. The first-order valence-corrected chi connectivity index (χ1v) is 10.7. The lowest BCUT2D eigenvalue weighted by molar-refractivity contribution is -0.122. The molecule has 0 radical (unpaired) electrons. The Labute approximate surface area is 177 Å². The van der Waals surface area contributed by atoms with E-state index in [9.17, 15) is 9.59 Å². The summed E-state index contributed by atoms with van der Waals surface area (Å²) >= 11 is 0. The number of hydrogen-bond acceptors (Lipinski definition) is 2. The van der Waals surface area contributed by atoms with E-state index in [1.54, 1.807) is 0 Å². The summed E-state index contributed by atoms with van der Waals surface area (Å²) in [6.45, 7) is 1.99. The molecule has 150 valence electrons. The van der Waals surface area contributed by atoms with Crippen molar-refractivity contribution in [2.24, 2.45) is 11.8 Å². The van der Waals surface area contributed by atoms with Crippen LogP contribution in [-0.4, -0.2) is 11.8 Å². The van der Waals surface area contributed by atoms with E-state index in [2.05, 4.69) is 24.3 Å². The SMILES string of the molecule is Cc1cccc(N2C(=O)[C@@H]3[C@@H](C2=O)[C@@H](c2ccccc2)CC[C@@H]3c2ccccc2)c1. The Kier molecular flexibility index (Phi) is 4.74. The lowest BCUT2D eigenvalue weighted by Gasteiger charge is -2.37. The summed E-state index contributed by atoms with van der Waals surface area (Å²) in [6.07, 6.45) is 1.82. The molecule has 3 heteroatoms. The Bertz CT molecular complexity index is 1010. The topological polar surface area (TPSA) is 37.4 Å². The fraction of sp³-hybridized carbons (Fsp3) is 0.259. The van der Waals surface area contributed by atoms with Crippen LogP contribution in [0.25, 0.3) is 0 Å². The van der Waals surface area contributed by atoms with Crippen molar-refractivity contribution in [1.82, 2.24) is 0 Å². The summed E-state index contributed by atoms with van der Waals surface area (Å²) < 4.78 is 0.